The van der Waals surface area contributed by atoms with Crippen LogP contribution in [0, 0.1) is 0 Å². The van der Waals surface area contributed by atoms with E-state index in [0.29, 0.717) is 6.61 Å². The van der Waals surface area contributed by atoms with Crippen molar-refractivity contribution in [2.45, 2.75) is 90.9 Å². The SMILES string of the molecule is C=CC(=O)OCCCCc1ccc(-c2cc(-c3ccc(C(C)(C)C)cc3)cc3c2-c2ccc(-c4ccc(C(C)(C)C)cc4)cc2C3(C)C)cc1. The number of rotatable bonds is 9. The van der Waals surface area contributed by atoms with Gasteiger partial charge in [-0.2, -0.15) is 0 Å². The van der Waals surface area contributed by atoms with Crippen LogP contribution in [0.25, 0.3) is 44.5 Å². The Morgan fingerprint density at radius 3 is 1.70 bits per heavy atom. The average Bonchev–Trinajstić information content (AvgIpc) is 3.32. The minimum absolute atomic E-state index is 0.105. The van der Waals surface area contributed by atoms with Crippen molar-refractivity contribution in [2.75, 3.05) is 6.61 Å². The van der Waals surface area contributed by atoms with Gasteiger partial charge in [-0.05, 0) is 121 Å². The molecule has 1 aliphatic carbocycles. The molecule has 0 heterocycles. The summed E-state index contributed by atoms with van der Waals surface area (Å²) in [5.41, 5.74) is 16.9. The number of esters is 1. The molecule has 0 aromatic heterocycles. The number of hydrogen-bond acceptors (Lipinski definition) is 2. The average molecular weight is 661 g/mol. The summed E-state index contributed by atoms with van der Waals surface area (Å²) in [5, 5.41) is 0. The topological polar surface area (TPSA) is 26.3 Å². The van der Waals surface area contributed by atoms with E-state index in [1.54, 1.807) is 0 Å². The Labute approximate surface area is 300 Å². The summed E-state index contributed by atoms with van der Waals surface area (Å²) in [4.78, 5) is 11.4. The Hall–Kier alpha value is -4.69. The number of benzene rings is 5. The Bertz CT molecular complexity index is 2010. The summed E-state index contributed by atoms with van der Waals surface area (Å²) in [6.45, 7) is 22.3. The normalized spacial score (nSPS) is 13.4. The second-order valence-electron chi connectivity index (χ2n) is 16.5. The minimum atomic E-state index is -0.356. The van der Waals surface area contributed by atoms with Gasteiger partial charge in [0, 0.05) is 11.5 Å². The molecule has 0 fully saturated rings. The molecule has 0 bridgehead atoms. The number of aryl methyl sites for hydroxylation is 1. The maximum absolute atomic E-state index is 11.4. The van der Waals surface area contributed by atoms with Crippen LogP contribution in [0.1, 0.15) is 96.0 Å². The second-order valence-corrected chi connectivity index (χ2v) is 16.5. The number of hydrogen-bond donors (Lipinski definition) is 0. The van der Waals surface area contributed by atoms with E-state index in [9.17, 15) is 4.79 Å². The molecule has 1 aliphatic rings. The van der Waals surface area contributed by atoms with Gasteiger partial charge in [-0.25, -0.2) is 4.79 Å². The maximum atomic E-state index is 11.4. The van der Waals surface area contributed by atoms with Gasteiger partial charge in [-0.1, -0.05) is 147 Å². The highest BCUT2D eigenvalue weighted by molar-refractivity contribution is 5.96. The van der Waals surface area contributed by atoms with Crippen molar-refractivity contribution in [3.8, 4) is 44.5 Å². The van der Waals surface area contributed by atoms with Gasteiger partial charge in [-0.15, -0.1) is 0 Å². The van der Waals surface area contributed by atoms with E-state index in [0.717, 1.165) is 19.3 Å². The van der Waals surface area contributed by atoms with Gasteiger partial charge in [0.1, 0.15) is 0 Å². The first kappa shape index (κ1) is 35.1. The summed E-state index contributed by atoms with van der Waals surface area (Å²) in [6.07, 6.45) is 3.95. The molecule has 0 atom stereocenters. The van der Waals surface area contributed by atoms with Crippen LogP contribution in [-0.4, -0.2) is 12.6 Å². The number of carbonyl (C=O) groups is 1. The summed E-state index contributed by atoms with van der Waals surface area (Å²) in [5.74, 6) is -0.356. The van der Waals surface area contributed by atoms with E-state index in [-0.39, 0.29) is 22.2 Å². The lowest BCUT2D eigenvalue weighted by Crippen LogP contribution is -2.15. The smallest absolute Gasteiger partial charge is 0.330 e. The molecule has 0 radical (unpaired) electrons. The zero-order valence-electron chi connectivity index (χ0n) is 31.2. The monoisotopic (exact) mass is 660 g/mol. The molecule has 0 amide bonds. The molecule has 0 aliphatic heterocycles. The molecule has 2 nitrogen and oxygen atoms in total. The highest BCUT2D eigenvalue weighted by Gasteiger charge is 2.38. The molecule has 0 N–H and O–H groups in total. The molecule has 0 saturated carbocycles. The molecule has 5 aromatic rings. The fraction of sp³-hybridized carbons (Fsp3) is 0.312. The molecule has 50 heavy (non-hydrogen) atoms. The van der Waals surface area contributed by atoms with E-state index < -0.39 is 0 Å². The lowest BCUT2D eigenvalue weighted by atomic mass is 9.79. The van der Waals surface area contributed by atoms with Crippen molar-refractivity contribution in [2.24, 2.45) is 0 Å². The molecular weight excluding hydrogens is 609 g/mol. The van der Waals surface area contributed by atoms with Crippen molar-refractivity contribution in [3.63, 3.8) is 0 Å². The van der Waals surface area contributed by atoms with Crippen LogP contribution in [-0.2, 0) is 32.2 Å². The van der Waals surface area contributed by atoms with Gasteiger partial charge in [0.05, 0.1) is 6.61 Å². The third-order valence-electron chi connectivity index (χ3n) is 10.5. The van der Waals surface area contributed by atoms with Crippen LogP contribution in [0.5, 0.6) is 0 Å². The number of ether oxygens (including phenoxy) is 1. The molecule has 2 heteroatoms. The molecule has 0 unspecified atom stereocenters. The fourth-order valence-corrected chi connectivity index (χ4v) is 7.26. The van der Waals surface area contributed by atoms with Crippen LogP contribution in [0.15, 0.2) is 116 Å². The van der Waals surface area contributed by atoms with E-state index in [1.165, 1.54) is 78.4 Å². The quantitative estimate of drug-likeness (QED) is 0.0893. The van der Waals surface area contributed by atoms with Crippen LogP contribution < -0.4 is 0 Å². The van der Waals surface area contributed by atoms with E-state index in [2.05, 4.69) is 165 Å². The van der Waals surface area contributed by atoms with Crippen molar-refractivity contribution >= 4 is 5.97 Å². The summed E-state index contributed by atoms with van der Waals surface area (Å²) < 4.78 is 5.16. The zero-order chi connectivity index (χ0) is 35.8. The molecule has 0 spiro atoms. The van der Waals surface area contributed by atoms with Crippen LogP contribution in [0.2, 0.25) is 0 Å². The van der Waals surface area contributed by atoms with Gasteiger partial charge in [0.25, 0.3) is 0 Å². The Morgan fingerprint density at radius 2 is 1.14 bits per heavy atom. The predicted octanol–water partition coefficient (Wildman–Crippen LogP) is 12.6. The number of unbranched alkanes of at least 4 members (excludes halogenated alkanes) is 1. The molecule has 6 rings (SSSR count). The van der Waals surface area contributed by atoms with E-state index in [1.807, 2.05) is 0 Å². The first-order valence-corrected chi connectivity index (χ1v) is 18.1. The molecule has 5 aromatic carbocycles. The van der Waals surface area contributed by atoms with Gasteiger partial charge >= 0.3 is 5.97 Å². The summed E-state index contributed by atoms with van der Waals surface area (Å²) in [6, 6.07) is 39.3. The molecule has 256 valence electrons. The standard InChI is InChI=1S/C48H52O2/c1-10-44(49)50-28-12-11-13-32-14-16-35(17-15-32)41-29-37(34-20-25-39(26-21-34)47(5,6)7)31-43-45(41)40-27-22-36(30-42(40)48(43,8)9)33-18-23-38(24-19-33)46(2,3)4/h10,14-27,29-31H,1,11-13,28H2,2-9H3. The number of carbonyl (C=O) groups excluding carboxylic acids is 1. The third-order valence-corrected chi connectivity index (χ3v) is 10.5. The lowest BCUT2D eigenvalue weighted by Gasteiger charge is -2.24. The third kappa shape index (κ3) is 7.13. The van der Waals surface area contributed by atoms with E-state index >= 15 is 0 Å². The van der Waals surface area contributed by atoms with Crippen molar-refractivity contribution < 1.29 is 9.53 Å². The fourth-order valence-electron chi connectivity index (χ4n) is 7.26. The first-order chi connectivity index (χ1) is 23.7. The summed E-state index contributed by atoms with van der Waals surface area (Å²) >= 11 is 0. The number of fused-ring (bicyclic) bond motifs is 3. The van der Waals surface area contributed by atoms with Crippen molar-refractivity contribution in [1.29, 1.82) is 0 Å². The Morgan fingerprint density at radius 1 is 0.620 bits per heavy atom. The largest absolute Gasteiger partial charge is 0.463 e. The van der Waals surface area contributed by atoms with Gasteiger partial charge in [0.15, 0.2) is 0 Å². The lowest BCUT2D eigenvalue weighted by molar-refractivity contribution is -0.137. The maximum Gasteiger partial charge on any atom is 0.330 e. The van der Waals surface area contributed by atoms with Crippen LogP contribution in [0.4, 0.5) is 0 Å². The highest BCUT2D eigenvalue weighted by Crippen LogP contribution is 2.54. The van der Waals surface area contributed by atoms with Gasteiger partial charge < -0.3 is 4.74 Å². The molecular formula is C48H52O2. The first-order valence-electron chi connectivity index (χ1n) is 18.1. The van der Waals surface area contributed by atoms with Crippen molar-refractivity contribution in [1.82, 2.24) is 0 Å². The molecule has 0 saturated heterocycles. The van der Waals surface area contributed by atoms with Crippen LogP contribution in [0.3, 0.4) is 0 Å². The zero-order valence-corrected chi connectivity index (χ0v) is 31.2. The second kappa shape index (κ2) is 13.6. The van der Waals surface area contributed by atoms with E-state index in [4.69, 9.17) is 4.74 Å². The Kier molecular flexibility index (Phi) is 9.53. The van der Waals surface area contributed by atoms with Crippen molar-refractivity contribution in [3.05, 3.63) is 144 Å². The minimum Gasteiger partial charge on any atom is -0.463 e. The highest BCUT2D eigenvalue weighted by atomic mass is 16.5. The summed E-state index contributed by atoms with van der Waals surface area (Å²) in [7, 11) is 0. The van der Waals surface area contributed by atoms with Crippen LogP contribution >= 0.6 is 0 Å². The van der Waals surface area contributed by atoms with Gasteiger partial charge in [0.2, 0.25) is 0 Å². The Balaban J connectivity index is 1.40. The predicted molar refractivity (Wildman–Crippen MR) is 212 cm³/mol. The van der Waals surface area contributed by atoms with Gasteiger partial charge in [-0.3, -0.25) is 0 Å².